The van der Waals surface area contributed by atoms with E-state index in [9.17, 15) is 14.0 Å². The molecule has 0 bridgehead atoms. The maximum absolute atomic E-state index is 13.0. The summed E-state index contributed by atoms with van der Waals surface area (Å²) in [5, 5.41) is 6.89. The van der Waals surface area contributed by atoms with Gasteiger partial charge in [0.1, 0.15) is 17.3 Å². The molecule has 1 aliphatic heterocycles. The molecule has 3 heterocycles. The lowest BCUT2D eigenvalue weighted by Gasteiger charge is -2.32. The number of hydrogen-bond donors (Lipinski definition) is 1. The Morgan fingerprint density at radius 2 is 2.00 bits per heavy atom. The van der Waals surface area contributed by atoms with Gasteiger partial charge in [-0.05, 0) is 43.5 Å². The van der Waals surface area contributed by atoms with Crippen LogP contribution in [0.1, 0.15) is 56.7 Å². The van der Waals surface area contributed by atoms with Crippen LogP contribution in [0.5, 0.6) is 0 Å². The number of rotatable bonds is 5. The first-order valence-electron chi connectivity index (χ1n) is 10.6. The van der Waals surface area contributed by atoms with Crippen molar-refractivity contribution < 1.29 is 14.0 Å². The lowest BCUT2D eigenvalue weighted by atomic mass is 9.96. The summed E-state index contributed by atoms with van der Waals surface area (Å²) in [5.74, 6) is -0.00232. The number of piperidine rings is 1. The van der Waals surface area contributed by atoms with Crippen LogP contribution in [0.15, 0.2) is 42.7 Å². The summed E-state index contributed by atoms with van der Waals surface area (Å²) in [6.07, 6.45) is 4.89. The molecule has 0 unspecified atom stereocenters. The summed E-state index contributed by atoms with van der Waals surface area (Å²) in [6, 6.07) is 7.69. The van der Waals surface area contributed by atoms with E-state index in [0.29, 0.717) is 35.9 Å². The SMILES string of the molecule is Cc1nc([C@H]2CCCN(C(=O)c3ccnn3C)C2)ncc1C(=O)NCc1ccc(F)cc1. The van der Waals surface area contributed by atoms with Crippen LogP contribution in [-0.4, -0.2) is 49.6 Å². The van der Waals surface area contributed by atoms with Crippen LogP contribution in [0.25, 0.3) is 0 Å². The molecule has 0 radical (unpaired) electrons. The predicted molar refractivity (Wildman–Crippen MR) is 115 cm³/mol. The lowest BCUT2D eigenvalue weighted by molar-refractivity contribution is 0.0693. The largest absolute Gasteiger partial charge is 0.348 e. The molecular weight excluding hydrogens is 411 g/mol. The van der Waals surface area contributed by atoms with Gasteiger partial charge >= 0.3 is 0 Å². The number of halogens is 1. The highest BCUT2D eigenvalue weighted by Crippen LogP contribution is 2.26. The maximum Gasteiger partial charge on any atom is 0.272 e. The van der Waals surface area contributed by atoms with Crippen LogP contribution in [0.4, 0.5) is 4.39 Å². The van der Waals surface area contributed by atoms with Crippen molar-refractivity contribution in [3.63, 3.8) is 0 Å². The quantitative estimate of drug-likeness (QED) is 0.664. The Bertz CT molecular complexity index is 1130. The molecule has 1 aliphatic rings. The Morgan fingerprint density at radius 3 is 2.69 bits per heavy atom. The number of nitrogens with one attached hydrogen (secondary N) is 1. The van der Waals surface area contributed by atoms with Crippen molar-refractivity contribution in [2.24, 2.45) is 7.05 Å². The third-order valence-electron chi connectivity index (χ3n) is 5.72. The van der Waals surface area contributed by atoms with Gasteiger partial charge in [-0.25, -0.2) is 14.4 Å². The minimum Gasteiger partial charge on any atom is -0.348 e. The number of carbonyl (C=O) groups is 2. The molecule has 3 aromatic rings. The zero-order valence-electron chi connectivity index (χ0n) is 18.1. The molecule has 0 spiro atoms. The second-order valence-corrected chi connectivity index (χ2v) is 7.97. The average molecular weight is 436 g/mol. The van der Waals surface area contributed by atoms with E-state index in [2.05, 4.69) is 20.4 Å². The number of aryl methyl sites for hydroxylation is 2. The van der Waals surface area contributed by atoms with Crippen LogP contribution in [0.3, 0.4) is 0 Å². The summed E-state index contributed by atoms with van der Waals surface area (Å²) in [4.78, 5) is 36.2. The van der Waals surface area contributed by atoms with Gasteiger partial charge < -0.3 is 10.2 Å². The lowest BCUT2D eigenvalue weighted by Crippen LogP contribution is -2.40. The van der Waals surface area contributed by atoms with Gasteiger partial charge in [0, 0.05) is 45.0 Å². The van der Waals surface area contributed by atoms with Crippen molar-refractivity contribution in [3.8, 4) is 0 Å². The highest BCUT2D eigenvalue weighted by atomic mass is 19.1. The third-order valence-corrected chi connectivity index (χ3v) is 5.72. The average Bonchev–Trinajstić information content (AvgIpc) is 3.23. The summed E-state index contributed by atoms with van der Waals surface area (Å²) in [7, 11) is 1.75. The molecule has 8 nitrogen and oxygen atoms in total. The topological polar surface area (TPSA) is 93.0 Å². The van der Waals surface area contributed by atoms with Gasteiger partial charge in [0.05, 0.1) is 11.3 Å². The molecule has 1 saturated heterocycles. The monoisotopic (exact) mass is 436 g/mol. The van der Waals surface area contributed by atoms with Crippen LogP contribution in [0, 0.1) is 12.7 Å². The number of nitrogens with zero attached hydrogens (tertiary/aromatic N) is 5. The fourth-order valence-electron chi connectivity index (χ4n) is 3.90. The highest BCUT2D eigenvalue weighted by Gasteiger charge is 2.28. The first-order chi connectivity index (χ1) is 15.4. The second kappa shape index (κ2) is 9.25. The number of likely N-dealkylation sites (tertiary alicyclic amines) is 1. The molecule has 4 rings (SSSR count). The van der Waals surface area contributed by atoms with Gasteiger partial charge in [-0.2, -0.15) is 5.10 Å². The van der Waals surface area contributed by atoms with Gasteiger partial charge in [-0.1, -0.05) is 12.1 Å². The van der Waals surface area contributed by atoms with Crippen molar-refractivity contribution in [1.82, 2.24) is 30.0 Å². The van der Waals surface area contributed by atoms with Gasteiger partial charge in [-0.15, -0.1) is 0 Å². The first-order valence-corrected chi connectivity index (χ1v) is 10.6. The zero-order valence-corrected chi connectivity index (χ0v) is 18.1. The summed E-state index contributed by atoms with van der Waals surface area (Å²) in [5.41, 5.74) is 2.34. The third kappa shape index (κ3) is 4.66. The first kappa shape index (κ1) is 21.6. The zero-order chi connectivity index (χ0) is 22.7. The highest BCUT2D eigenvalue weighted by molar-refractivity contribution is 5.95. The Morgan fingerprint density at radius 1 is 1.22 bits per heavy atom. The van der Waals surface area contributed by atoms with E-state index in [4.69, 9.17) is 0 Å². The Labute approximate surface area is 185 Å². The Kier molecular flexibility index (Phi) is 6.25. The Balaban J connectivity index is 1.42. The molecule has 1 fully saturated rings. The molecule has 1 atom stereocenters. The van der Waals surface area contributed by atoms with Crippen molar-refractivity contribution >= 4 is 11.8 Å². The summed E-state index contributed by atoms with van der Waals surface area (Å²) < 4.78 is 14.6. The van der Waals surface area contributed by atoms with Crippen LogP contribution in [-0.2, 0) is 13.6 Å². The minimum atomic E-state index is -0.316. The Hall–Kier alpha value is -3.62. The fourth-order valence-corrected chi connectivity index (χ4v) is 3.90. The van der Waals surface area contributed by atoms with Crippen molar-refractivity contribution in [1.29, 1.82) is 0 Å². The fraction of sp³-hybridized carbons (Fsp3) is 0.348. The minimum absolute atomic E-state index is 0.0101. The standard InChI is InChI=1S/C23H25FN6O2/c1-15-19(22(31)26-12-16-5-7-18(24)8-6-16)13-25-21(28-15)17-4-3-11-30(14-17)23(32)20-9-10-27-29(20)2/h5-10,13,17H,3-4,11-12,14H2,1-2H3,(H,26,31)/t17-/m0/s1. The number of amides is 2. The van der Waals surface area contributed by atoms with Crippen molar-refractivity contribution in [2.75, 3.05) is 13.1 Å². The number of hydrogen-bond acceptors (Lipinski definition) is 5. The number of benzene rings is 1. The van der Waals surface area contributed by atoms with Crippen LogP contribution < -0.4 is 5.32 Å². The normalized spacial score (nSPS) is 16.1. The molecule has 1 N–H and O–H groups in total. The van der Waals surface area contributed by atoms with E-state index in [1.54, 1.807) is 49.2 Å². The predicted octanol–water partition coefficient (Wildman–Crippen LogP) is 2.61. The molecule has 0 saturated carbocycles. The molecule has 2 aromatic heterocycles. The van der Waals surface area contributed by atoms with E-state index < -0.39 is 0 Å². The molecule has 1 aromatic carbocycles. The summed E-state index contributed by atoms with van der Waals surface area (Å²) in [6.45, 7) is 3.27. The van der Waals surface area contributed by atoms with E-state index in [-0.39, 0.29) is 30.1 Å². The smallest absolute Gasteiger partial charge is 0.272 e. The number of carbonyl (C=O) groups excluding carboxylic acids is 2. The van der Waals surface area contributed by atoms with Gasteiger partial charge in [-0.3, -0.25) is 14.3 Å². The van der Waals surface area contributed by atoms with E-state index in [1.807, 2.05) is 4.90 Å². The summed E-state index contributed by atoms with van der Waals surface area (Å²) >= 11 is 0. The number of aromatic nitrogens is 4. The molecule has 0 aliphatic carbocycles. The van der Waals surface area contributed by atoms with Gasteiger partial charge in [0.25, 0.3) is 11.8 Å². The van der Waals surface area contributed by atoms with Crippen molar-refractivity contribution in [2.45, 2.75) is 32.2 Å². The van der Waals surface area contributed by atoms with Gasteiger partial charge in [0.15, 0.2) is 0 Å². The van der Waals surface area contributed by atoms with Crippen molar-refractivity contribution in [3.05, 3.63) is 76.9 Å². The maximum atomic E-state index is 13.0. The van der Waals surface area contributed by atoms with E-state index in [1.165, 1.54) is 12.1 Å². The van der Waals surface area contributed by atoms with Crippen LogP contribution >= 0.6 is 0 Å². The van der Waals surface area contributed by atoms with E-state index >= 15 is 0 Å². The second-order valence-electron chi connectivity index (χ2n) is 7.97. The molecule has 9 heteroatoms. The molecule has 166 valence electrons. The van der Waals surface area contributed by atoms with Gasteiger partial charge in [0.2, 0.25) is 0 Å². The molecular formula is C23H25FN6O2. The molecule has 32 heavy (non-hydrogen) atoms. The van der Waals surface area contributed by atoms with E-state index in [0.717, 1.165) is 18.4 Å². The molecule has 2 amide bonds. The van der Waals surface area contributed by atoms with Crippen LogP contribution in [0.2, 0.25) is 0 Å².